The van der Waals surface area contributed by atoms with Crippen LogP contribution in [0.25, 0.3) is 55.3 Å². The van der Waals surface area contributed by atoms with Gasteiger partial charge in [0.25, 0.3) is 0 Å². The largest absolute Gasteiger partial charge is 0.456 e. The number of anilines is 2. The number of rotatable bonds is 10. The maximum Gasteiger partial charge on any atom is 0.138 e. The van der Waals surface area contributed by atoms with Crippen LogP contribution < -0.4 is 9.64 Å². The molecule has 0 spiro atoms. The second kappa shape index (κ2) is 18.6. The molecule has 2 nitrogen and oxygen atoms in total. The summed E-state index contributed by atoms with van der Waals surface area (Å²) in [5.41, 5.74) is 18.6. The molecule has 1 unspecified atom stereocenters. The molecule has 2 aliphatic rings. The van der Waals surface area contributed by atoms with Gasteiger partial charge in [-0.15, -0.1) is 0 Å². The van der Waals surface area contributed by atoms with E-state index in [0.29, 0.717) is 0 Å². The summed E-state index contributed by atoms with van der Waals surface area (Å²) in [5, 5.41) is 2.49. The highest BCUT2D eigenvalue weighted by atomic mass is 16.5. The van der Waals surface area contributed by atoms with Gasteiger partial charge in [-0.05, 0) is 142 Å². The van der Waals surface area contributed by atoms with Crippen molar-refractivity contribution in [3.63, 3.8) is 0 Å². The molecule has 0 saturated carbocycles. The zero-order valence-corrected chi connectivity index (χ0v) is 38.1. The summed E-state index contributed by atoms with van der Waals surface area (Å²) in [6.45, 7) is 8.64. The highest BCUT2D eigenvalue weighted by molar-refractivity contribution is 6.01. The lowest BCUT2D eigenvalue weighted by molar-refractivity contribution is 0.475. The lowest BCUT2D eigenvalue weighted by Crippen LogP contribution is -2.27. The average molecular weight is 852 g/mol. The van der Waals surface area contributed by atoms with Crippen molar-refractivity contribution in [3.8, 4) is 44.9 Å². The molecule has 320 valence electrons. The standard InChI is InChI=1S/C64H53NO/c1-44-32-37-56(42-47(44)4)65(55-39-34-52(35-40-55)60-30-15-19-46(3)64(60)66-63-45(2)18-14-29-59(63)51-22-8-5-6-9-23-51)54-27-16-25-48(33-38-54)53-36-41-58(49-20-10-7-11-21-49)62(43-53)61-31-17-26-50-24-12-13-28-57(50)61/h5-8,10-43,54H,9H2,1-4H3. The first-order valence-electron chi connectivity index (χ1n) is 23.0. The summed E-state index contributed by atoms with van der Waals surface area (Å²) in [6, 6.07) is 61.6. The van der Waals surface area contributed by atoms with E-state index < -0.39 is 0 Å². The molecule has 8 aromatic rings. The zero-order valence-electron chi connectivity index (χ0n) is 38.1. The third kappa shape index (κ3) is 8.54. The number of nitrogens with zero attached hydrogens (tertiary/aromatic N) is 1. The van der Waals surface area contributed by atoms with Gasteiger partial charge in [0.1, 0.15) is 11.5 Å². The van der Waals surface area contributed by atoms with E-state index in [4.69, 9.17) is 4.74 Å². The van der Waals surface area contributed by atoms with Gasteiger partial charge >= 0.3 is 0 Å². The van der Waals surface area contributed by atoms with Crippen molar-refractivity contribution in [2.75, 3.05) is 4.90 Å². The number of aryl methyl sites for hydroxylation is 4. The van der Waals surface area contributed by atoms with Crippen LogP contribution in [0.15, 0.2) is 231 Å². The van der Waals surface area contributed by atoms with Crippen LogP contribution in [0.2, 0.25) is 0 Å². The van der Waals surface area contributed by atoms with Gasteiger partial charge in [0.05, 0.1) is 6.04 Å². The van der Waals surface area contributed by atoms with Gasteiger partial charge in [-0.1, -0.05) is 200 Å². The molecule has 0 aliphatic heterocycles. The summed E-state index contributed by atoms with van der Waals surface area (Å²) >= 11 is 0. The molecule has 0 heterocycles. The van der Waals surface area contributed by atoms with Crippen LogP contribution in [0.3, 0.4) is 0 Å². The summed E-state index contributed by atoms with van der Waals surface area (Å²) in [7, 11) is 0. The third-order valence-electron chi connectivity index (χ3n) is 13.0. The van der Waals surface area contributed by atoms with Crippen molar-refractivity contribution >= 4 is 33.3 Å². The first-order valence-corrected chi connectivity index (χ1v) is 23.0. The molecule has 2 heteroatoms. The highest BCUT2D eigenvalue weighted by Gasteiger charge is 2.21. The van der Waals surface area contributed by atoms with E-state index in [2.05, 4.69) is 263 Å². The summed E-state index contributed by atoms with van der Waals surface area (Å²) in [6.07, 6.45) is 23.1. The van der Waals surface area contributed by atoms with Gasteiger partial charge in [-0.25, -0.2) is 0 Å². The predicted octanol–water partition coefficient (Wildman–Crippen LogP) is 17.5. The number of ether oxygens (including phenoxy) is 1. The van der Waals surface area contributed by atoms with E-state index in [0.717, 1.165) is 62.7 Å². The monoisotopic (exact) mass is 851 g/mol. The second-order valence-corrected chi connectivity index (χ2v) is 17.4. The van der Waals surface area contributed by atoms with Crippen LogP contribution in [0.1, 0.15) is 39.8 Å². The van der Waals surface area contributed by atoms with Crippen LogP contribution in [0, 0.1) is 27.7 Å². The summed E-state index contributed by atoms with van der Waals surface area (Å²) in [5.74, 6) is 1.76. The molecular formula is C64H53NO. The Hall–Kier alpha value is -7.94. The smallest absolute Gasteiger partial charge is 0.138 e. The Labute approximate surface area is 390 Å². The van der Waals surface area contributed by atoms with E-state index in [1.54, 1.807) is 0 Å². The zero-order chi connectivity index (χ0) is 45.0. The number of hydrogen-bond donors (Lipinski definition) is 0. The molecule has 0 radical (unpaired) electrons. The lowest BCUT2D eigenvalue weighted by atomic mass is 9.88. The minimum absolute atomic E-state index is 0.0484. The lowest BCUT2D eigenvalue weighted by Gasteiger charge is -2.31. The SMILES string of the molecule is Cc1ccc(N(c2ccc(-c3cccc(C)c3Oc3c(C)cccc3C3=CCC=CC=C3)cc2)C2C=CC=C(c3ccc(-c4ccccc4)c(-c4cccc5ccccc45)c3)C=C2)cc1C. The number of benzene rings is 8. The van der Waals surface area contributed by atoms with Crippen LogP contribution >= 0.6 is 0 Å². The van der Waals surface area contributed by atoms with Crippen molar-refractivity contribution in [1.29, 1.82) is 0 Å². The van der Waals surface area contributed by atoms with Crippen molar-refractivity contribution in [2.45, 2.75) is 40.2 Å². The second-order valence-electron chi connectivity index (χ2n) is 17.4. The maximum atomic E-state index is 7.03. The molecule has 66 heavy (non-hydrogen) atoms. The fourth-order valence-electron chi connectivity index (χ4n) is 9.32. The third-order valence-corrected chi connectivity index (χ3v) is 13.0. The van der Waals surface area contributed by atoms with E-state index in [-0.39, 0.29) is 6.04 Å². The fourth-order valence-corrected chi connectivity index (χ4v) is 9.32. The number of fused-ring (bicyclic) bond motifs is 1. The molecule has 0 aromatic heterocycles. The average Bonchev–Trinajstić information content (AvgIpc) is 3.78. The Bertz CT molecular complexity index is 3280. The predicted molar refractivity (Wildman–Crippen MR) is 282 cm³/mol. The quantitative estimate of drug-likeness (QED) is 0.136. The minimum atomic E-state index is -0.0484. The van der Waals surface area contributed by atoms with Crippen LogP contribution in [0.4, 0.5) is 11.4 Å². The molecular weight excluding hydrogens is 799 g/mol. The van der Waals surface area contributed by atoms with Gasteiger partial charge in [0, 0.05) is 22.5 Å². The number of hydrogen-bond acceptors (Lipinski definition) is 2. The molecule has 0 bridgehead atoms. The van der Waals surface area contributed by atoms with Gasteiger partial charge in [0.2, 0.25) is 0 Å². The topological polar surface area (TPSA) is 12.5 Å². The molecule has 8 aromatic carbocycles. The van der Waals surface area contributed by atoms with Crippen LogP contribution in [-0.2, 0) is 0 Å². The van der Waals surface area contributed by atoms with Crippen molar-refractivity contribution < 1.29 is 4.74 Å². The van der Waals surface area contributed by atoms with E-state index in [9.17, 15) is 0 Å². The molecule has 10 rings (SSSR count). The summed E-state index contributed by atoms with van der Waals surface area (Å²) in [4.78, 5) is 2.44. The van der Waals surface area contributed by atoms with Gasteiger partial charge in [-0.3, -0.25) is 0 Å². The molecule has 0 amide bonds. The van der Waals surface area contributed by atoms with E-state index in [1.165, 1.54) is 55.3 Å². The first-order chi connectivity index (χ1) is 32.4. The van der Waals surface area contributed by atoms with Crippen molar-refractivity contribution in [3.05, 3.63) is 264 Å². The molecule has 0 N–H and O–H groups in total. The van der Waals surface area contributed by atoms with Crippen LogP contribution in [0.5, 0.6) is 11.5 Å². The molecule has 2 aliphatic carbocycles. The van der Waals surface area contributed by atoms with E-state index >= 15 is 0 Å². The van der Waals surface area contributed by atoms with Crippen LogP contribution in [-0.4, -0.2) is 6.04 Å². The number of allylic oxidation sites excluding steroid dienone is 10. The fraction of sp³-hybridized carbons (Fsp3) is 0.0938. The number of para-hydroxylation sites is 2. The molecule has 0 saturated heterocycles. The minimum Gasteiger partial charge on any atom is -0.456 e. The molecule has 1 atom stereocenters. The maximum absolute atomic E-state index is 7.03. The van der Waals surface area contributed by atoms with Gasteiger partial charge < -0.3 is 9.64 Å². The van der Waals surface area contributed by atoms with E-state index in [1.807, 2.05) is 0 Å². The van der Waals surface area contributed by atoms with Crippen molar-refractivity contribution in [1.82, 2.24) is 0 Å². The Morgan fingerprint density at radius 2 is 1.12 bits per heavy atom. The molecule has 0 fully saturated rings. The Balaban J connectivity index is 0.996. The highest BCUT2D eigenvalue weighted by Crippen LogP contribution is 2.43. The van der Waals surface area contributed by atoms with Crippen molar-refractivity contribution in [2.24, 2.45) is 0 Å². The van der Waals surface area contributed by atoms with Gasteiger partial charge in [-0.2, -0.15) is 0 Å². The Morgan fingerprint density at radius 1 is 0.439 bits per heavy atom. The normalized spacial score (nSPS) is 14.4. The Morgan fingerprint density at radius 3 is 1.94 bits per heavy atom. The first kappa shape index (κ1) is 42.0. The Kier molecular flexibility index (Phi) is 11.9. The van der Waals surface area contributed by atoms with Gasteiger partial charge in [0.15, 0.2) is 0 Å². The summed E-state index contributed by atoms with van der Waals surface area (Å²) < 4.78 is 7.03.